The van der Waals surface area contributed by atoms with E-state index < -0.39 is 18.4 Å². The lowest BCUT2D eigenvalue weighted by molar-refractivity contribution is -0.274. The fourth-order valence-electron chi connectivity index (χ4n) is 5.26. The molecule has 1 atom stereocenters. The van der Waals surface area contributed by atoms with Crippen molar-refractivity contribution in [3.05, 3.63) is 119 Å². The van der Waals surface area contributed by atoms with Crippen molar-refractivity contribution in [1.82, 2.24) is 5.32 Å². The summed E-state index contributed by atoms with van der Waals surface area (Å²) in [6.45, 7) is 3.22. The number of amides is 1. The van der Waals surface area contributed by atoms with E-state index in [1.807, 2.05) is 42.5 Å². The van der Waals surface area contributed by atoms with Crippen molar-refractivity contribution in [2.45, 2.75) is 38.7 Å². The number of ether oxygens (including phenoxy) is 1. The van der Waals surface area contributed by atoms with Crippen molar-refractivity contribution < 1.29 is 32.6 Å². The van der Waals surface area contributed by atoms with Gasteiger partial charge in [0, 0.05) is 24.3 Å². The van der Waals surface area contributed by atoms with Crippen molar-refractivity contribution in [2.75, 3.05) is 11.4 Å². The molecule has 216 valence electrons. The van der Waals surface area contributed by atoms with Crippen LogP contribution in [0.4, 0.5) is 18.9 Å². The van der Waals surface area contributed by atoms with Crippen LogP contribution in [-0.2, 0) is 13.0 Å². The Morgan fingerprint density at radius 2 is 1.74 bits per heavy atom. The standard InChI is InChI=1S/C33H29F3N2O4/c1-21(24-6-4-8-27(19-24)42-33(34,35)36)37-31(39)26-15-16-30-25(18-26)7-5-17-38(30)20-22-11-13-23(14-12-22)28-9-2-3-10-29(28)32(40)41/h2-4,6,8-16,18-19,21H,5,7,17,20H2,1H3,(H,37,39)(H,40,41)/t21-/m0/s1. The van der Waals surface area contributed by atoms with E-state index in [0.29, 0.717) is 23.2 Å². The molecule has 5 rings (SSSR count). The maximum absolute atomic E-state index is 13.0. The number of carbonyl (C=O) groups is 2. The number of rotatable bonds is 8. The molecule has 1 amide bonds. The zero-order valence-electron chi connectivity index (χ0n) is 22.8. The molecule has 9 heteroatoms. The number of anilines is 1. The summed E-state index contributed by atoms with van der Waals surface area (Å²) >= 11 is 0. The van der Waals surface area contributed by atoms with Gasteiger partial charge in [-0.2, -0.15) is 0 Å². The highest BCUT2D eigenvalue weighted by atomic mass is 19.4. The quantitative estimate of drug-likeness (QED) is 0.229. The Balaban J connectivity index is 1.27. The number of benzene rings is 4. The molecule has 0 bridgehead atoms. The van der Waals surface area contributed by atoms with Gasteiger partial charge in [-0.3, -0.25) is 4.79 Å². The first-order valence-electron chi connectivity index (χ1n) is 13.5. The molecular weight excluding hydrogens is 545 g/mol. The zero-order valence-corrected chi connectivity index (χ0v) is 22.8. The van der Waals surface area contributed by atoms with Gasteiger partial charge >= 0.3 is 12.3 Å². The Bertz CT molecular complexity index is 1600. The van der Waals surface area contributed by atoms with Crippen molar-refractivity contribution >= 4 is 17.6 Å². The normalized spacial score (nSPS) is 13.7. The summed E-state index contributed by atoms with van der Waals surface area (Å²) in [5.74, 6) is -1.62. The smallest absolute Gasteiger partial charge is 0.478 e. The largest absolute Gasteiger partial charge is 0.573 e. The number of halogens is 3. The first-order valence-corrected chi connectivity index (χ1v) is 13.5. The van der Waals surface area contributed by atoms with Crippen molar-refractivity contribution in [1.29, 1.82) is 0 Å². The predicted octanol–water partition coefficient (Wildman–Crippen LogP) is 7.39. The number of carboxylic acid groups (broad SMARTS) is 1. The predicted molar refractivity (Wildman–Crippen MR) is 154 cm³/mol. The molecule has 6 nitrogen and oxygen atoms in total. The number of carbonyl (C=O) groups excluding carboxylic acids is 1. The van der Waals surface area contributed by atoms with Crippen molar-refractivity contribution in [3.8, 4) is 16.9 Å². The minimum Gasteiger partial charge on any atom is -0.478 e. The third-order valence-corrected chi connectivity index (χ3v) is 7.29. The van der Waals surface area contributed by atoms with Gasteiger partial charge in [0.2, 0.25) is 0 Å². The lowest BCUT2D eigenvalue weighted by Crippen LogP contribution is -2.30. The van der Waals surface area contributed by atoms with E-state index in [-0.39, 0.29) is 17.2 Å². The summed E-state index contributed by atoms with van der Waals surface area (Å²) in [4.78, 5) is 26.9. The van der Waals surface area contributed by atoms with Crippen LogP contribution in [0, 0.1) is 0 Å². The summed E-state index contributed by atoms with van der Waals surface area (Å²) < 4.78 is 41.8. The molecule has 4 aromatic rings. The number of aromatic carboxylic acids is 1. The fourth-order valence-corrected chi connectivity index (χ4v) is 5.26. The maximum Gasteiger partial charge on any atom is 0.573 e. The number of hydrogen-bond donors (Lipinski definition) is 2. The number of nitrogens with zero attached hydrogens (tertiary/aromatic N) is 1. The summed E-state index contributed by atoms with van der Waals surface area (Å²) in [5.41, 5.74) is 5.90. The van der Waals surface area contributed by atoms with Crippen LogP contribution in [0.15, 0.2) is 91.0 Å². The minimum atomic E-state index is -4.79. The maximum atomic E-state index is 13.0. The van der Waals surface area contributed by atoms with Gasteiger partial charge in [0.1, 0.15) is 5.75 Å². The van der Waals surface area contributed by atoms with Crippen molar-refractivity contribution in [3.63, 3.8) is 0 Å². The second-order valence-electron chi connectivity index (χ2n) is 10.2. The van der Waals surface area contributed by atoms with Crippen LogP contribution >= 0.6 is 0 Å². The van der Waals surface area contributed by atoms with Crippen LogP contribution in [-0.4, -0.2) is 29.9 Å². The van der Waals surface area contributed by atoms with E-state index in [1.54, 1.807) is 37.3 Å². The van der Waals surface area contributed by atoms with Gasteiger partial charge in [-0.15, -0.1) is 13.2 Å². The lowest BCUT2D eigenvalue weighted by Gasteiger charge is -2.32. The van der Waals surface area contributed by atoms with Gasteiger partial charge in [-0.1, -0.05) is 54.6 Å². The van der Waals surface area contributed by atoms with Crippen LogP contribution in [0.5, 0.6) is 5.75 Å². The number of nitrogens with one attached hydrogen (secondary N) is 1. The SMILES string of the molecule is C[C@H](NC(=O)c1ccc2c(c1)CCCN2Cc1ccc(-c2ccccc2C(=O)O)cc1)c1cccc(OC(F)(F)F)c1. The second-order valence-corrected chi connectivity index (χ2v) is 10.2. The lowest BCUT2D eigenvalue weighted by atomic mass is 9.97. The number of fused-ring (bicyclic) bond motifs is 1. The molecule has 0 unspecified atom stereocenters. The van der Waals surface area contributed by atoms with E-state index in [2.05, 4.69) is 15.0 Å². The first kappa shape index (κ1) is 28.7. The number of hydrogen-bond acceptors (Lipinski definition) is 4. The molecule has 2 N–H and O–H groups in total. The highest BCUT2D eigenvalue weighted by Crippen LogP contribution is 2.31. The molecule has 1 heterocycles. The van der Waals surface area contributed by atoms with Crippen LogP contribution in [0.3, 0.4) is 0 Å². The Morgan fingerprint density at radius 3 is 2.48 bits per heavy atom. The van der Waals surface area contributed by atoms with Crippen LogP contribution < -0.4 is 15.0 Å². The summed E-state index contributed by atoms with van der Waals surface area (Å²) in [6, 6.07) is 25.4. The van der Waals surface area contributed by atoms with E-state index >= 15 is 0 Å². The van der Waals surface area contributed by atoms with Crippen molar-refractivity contribution in [2.24, 2.45) is 0 Å². The Labute approximate surface area is 241 Å². The number of carboxylic acids is 1. The van der Waals surface area contributed by atoms with Gasteiger partial charge in [-0.05, 0) is 84.0 Å². The third kappa shape index (κ3) is 6.74. The van der Waals surface area contributed by atoms with Gasteiger partial charge in [0.25, 0.3) is 5.91 Å². The molecule has 1 aliphatic heterocycles. The number of alkyl halides is 3. The van der Waals surface area contributed by atoms with Crippen LogP contribution in [0.2, 0.25) is 0 Å². The average molecular weight is 575 g/mol. The molecule has 0 radical (unpaired) electrons. The van der Waals surface area contributed by atoms with E-state index in [4.69, 9.17) is 0 Å². The highest BCUT2D eigenvalue weighted by Gasteiger charge is 2.31. The fraction of sp³-hybridized carbons (Fsp3) is 0.212. The molecule has 0 aromatic heterocycles. The van der Waals surface area contributed by atoms with Gasteiger partial charge in [-0.25, -0.2) is 4.79 Å². The molecule has 4 aromatic carbocycles. The first-order chi connectivity index (χ1) is 20.1. The molecule has 0 spiro atoms. The molecule has 42 heavy (non-hydrogen) atoms. The van der Waals surface area contributed by atoms with Gasteiger partial charge < -0.3 is 20.1 Å². The third-order valence-electron chi connectivity index (χ3n) is 7.29. The molecule has 0 saturated heterocycles. The highest BCUT2D eigenvalue weighted by molar-refractivity contribution is 5.96. The molecule has 0 aliphatic carbocycles. The van der Waals surface area contributed by atoms with E-state index in [9.17, 15) is 27.9 Å². The van der Waals surface area contributed by atoms with E-state index in [0.717, 1.165) is 41.8 Å². The molecule has 1 aliphatic rings. The summed E-state index contributed by atoms with van der Waals surface area (Å²) in [5, 5.41) is 12.4. The van der Waals surface area contributed by atoms with Gasteiger partial charge in [0.05, 0.1) is 11.6 Å². The summed E-state index contributed by atoms with van der Waals surface area (Å²) in [7, 11) is 0. The molecule has 0 fully saturated rings. The average Bonchev–Trinajstić information content (AvgIpc) is 2.96. The molecular formula is C33H29F3N2O4. The van der Waals surface area contributed by atoms with E-state index in [1.165, 1.54) is 18.2 Å². The Morgan fingerprint density at radius 1 is 0.976 bits per heavy atom. The van der Waals surface area contributed by atoms with Crippen LogP contribution in [0.1, 0.15) is 56.8 Å². The second kappa shape index (κ2) is 12.0. The molecule has 0 saturated carbocycles. The Kier molecular flexibility index (Phi) is 8.20. The topological polar surface area (TPSA) is 78.9 Å². The minimum absolute atomic E-state index is 0.258. The van der Waals surface area contributed by atoms with Crippen LogP contribution in [0.25, 0.3) is 11.1 Å². The monoisotopic (exact) mass is 574 g/mol. The summed E-state index contributed by atoms with van der Waals surface area (Å²) in [6.07, 6.45) is -3.05. The zero-order chi connectivity index (χ0) is 29.9. The number of aryl methyl sites for hydroxylation is 1. The Hall–Kier alpha value is -4.79. The van der Waals surface area contributed by atoms with Gasteiger partial charge in [0.15, 0.2) is 0 Å².